The van der Waals surface area contributed by atoms with Gasteiger partial charge in [0.2, 0.25) is 0 Å². The summed E-state index contributed by atoms with van der Waals surface area (Å²) in [7, 11) is -2.20. The number of carbonyl (C=O) groups is 1. The van der Waals surface area contributed by atoms with Crippen LogP contribution in [0.2, 0.25) is 0 Å². The quantitative estimate of drug-likeness (QED) is 0.603. The van der Waals surface area contributed by atoms with E-state index in [0.717, 1.165) is 30.0 Å². The first-order valence-corrected chi connectivity index (χ1v) is 12.0. The van der Waals surface area contributed by atoms with Gasteiger partial charge in [-0.3, -0.25) is 14.5 Å². The molecule has 0 saturated carbocycles. The zero-order chi connectivity index (χ0) is 22.6. The molecule has 1 aliphatic heterocycles. The van der Waals surface area contributed by atoms with Crippen LogP contribution < -0.4 is 14.8 Å². The zero-order valence-electron chi connectivity index (χ0n) is 17.8. The van der Waals surface area contributed by atoms with Gasteiger partial charge in [0.25, 0.3) is 15.9 Å². The molecule has 0 radical (unpaired) electrons. The minimum absolute atomic E-state index is 0.116. The lowest BCUT2D eigenvalue weighted by molar-refractivity contribution is 0.102. The second kappa shape index (κ2) is 9.40. The standard InChI is InChI=1S/C24H25N3O4S/c1-31-22-16-18-8-5-4-7-17(18)15-21(22)24(28)26-19-10-12-20(13-11-19)32(29,30)27-23-9-3-2-6-14-25-23/h4-5,7-8,10-13,15-16H,2-3,6,9,14H2,1H3,(H,25,27)(H,26,28). The number of amides is 1. The summed E-state index contributed by atoms with van der Waals surface area (Å²) in [5.41, 5.74) is 0.881. The molecular formula is C24H25N3O4S. The molecule has 0 atom stereocenters. The van der Waals surface area contributed by atoms with Crippen molar-refractivity contribution in [1.29, 1.82) is 0 Å². The number of ether oxygens (including phenoxy) is 1. The minimum Gasteiger partial charge on any atom is -0.496 e. The van der Waals surface area contributed by atoms with Gasteiger partial charge in [0, 0.05) is 18.7 Å². The van der Waals surface area contributed by atoms with Gasteiger partial charge in [-0.05, 0) is 60.0 Å². The van der Waals surface area contributed by atoms with Crippen molar-refractivity contribution in [2.24, 2.45) is 4.99 Å². The molecule has 1 aliphatic rings. The number of hydrogen-bond acceptors (Lipinski definition) is 5. The maximum absolute atomic E-state index is 12.9. The third kappa shape index (κ3) is 4.91. The third-order valence-corrected chi connectivity index (χ3v) is 6.76. The highest BCUT2D eigenvalue weighted by molar-refractivity contribution is 7.90. The van der Waals surface area contributed by atoms with Crippen molar-refractivity contribution in [2.45, 2.75) is 30.6 Å². The Kier molecular flexibility index (Phi) is 6.41. The molecule has 7 nitrogen and oxygen atoms in total. The predicted molar refractivity (Wildman–Crippen MR) is 126 cm³/mol. The van der Waals surface area contributed by atoms with Gasteiger partial charge in [-0.2, -0.15) is 0 Å². The normalized spacial score (nSPS) is 14.3. The molecule has 0 bridgehead atoms. The van der Waals surface area contributed by atoms with E-state index in [9.17, 15) is 13.2 Å². The van der Waals surface area contributed by atoms with E-state index in [1.165, 1.54) is 19.2 Å². The number of benzene rings is 3. The molecule has 2 N–H and O–H groups in total. The van der Waals surface area contributed by atoms with Crippen LogP contribution in [-0.2, 0) is 10.0 Å². The number of rotatable bonds is 5. The Bertz CT molecular complexity index is 1270. The second-order valence-corrected chi connectivity index (χ2v) is 9.31. The molecule has 0 unspecified atom stereocenters. The maximum Gasteiger partial charge on any atom is 0.262 e. The molecule has 8 heteroatoms. The van der Waals surface area contributed by atoms with Crippen LogP contribution in [0.4, 0.5) is 5.69 Å². The highest BCUT2D eigenvalue weighted by atomic mass is 32.2. The molecule has 1 heterocycles. The first-order chi connectivity index (χ1) is 15.5. The molecule has 4 rings (SSSR count). The maximum atomic E-state index is 12.9. The lowest BCUT2D eigenvalue weighted by Gasteiger charge is -2.12. The van der Waals surface area contributed by atoms with Gasteiger partial charge in [0.05, 0.1) is 17.6 Å². The molecule has 0 aliphatic carbocycles. The van der Waals surface area contributed by atoms with Crippen molar-refractivity contribution < 1.29 is 17.9 Å². The van der Waals surface area contributed by atoms with Crippen LogP contribution >= 0.6 is 0 Å². The monoisotopic (exact) mass is 451 g/mol. The summed E-state index contributed by atoms with van der Waals surface area (Å²) in [6, 6.07) is 17.4. The number of aliphatic imine (C=N–C) groups is 1. The van der Waals surface area contributed by atoms with Crippen molar-refractivity contribution >= 4 is 38.2 Å². The number of fused-ring (bicyclic) bond motifs is 1. The lowest BCUT2D eigenvalue weighted by Crippen LogP contribution is -2.30. The second-order valence-electron chi connectivity index (χ2n) is 7.62. The summed E-state index contributed by atoms with van der Waals surface area (Å²) in [5, 5.41) is 4.70. The van der Waals surface area contributed by atoms with E-state index in [1.54, 1.807) is 18.2 Å². The van der Waals surface area contributed by atoms with E-state index < -0.39 is 10.0 Å². The smallest absolute Gasteiger partial charge is 0.262 e. The van der Waals surface area contributed by atoms with E-state index in [2.05, 4.69) is 15.0 Å². The topological polar surface area (TPSA) is 96.9 Å². The van der Waals surface area contributed by atoms with Crippen molar-refractivity contribution in [1.82, 2.24) is 4.72 Å². The van der Waals surface area contributed by atoms with Crippen LogP contribution in [0, 0.1) is 0 Å². The number of hydrogen-bond donors (Lipinski definition) is 2. The molecular weight excluding hydrogens is 426 g/mol. The highest BCUT2D eigenvalue weighted by Gasteiger charge is 2.18. The van der Waals surface area contributed by atoms with Gasteiger partial charge in [-0.15, -0.1) is 0 Å². The van der Waals surface area contributed by atoms with Gasteiger partial charge < -0.3 is 10.1 Å². The summed E-state index contributed by atoms with van der Waals surface area (Å²) in [5.74, 6) is 0.631. The number of nitrogens with one attached hydrogen (secondary N) is 2. The molecule has 1 amide bonds. The molecule has 3 aromatic carbocycles. The Hall–Kier alpha value is -3.39. The number of methoxy groups -OCH3 is 1. The number of anilines is 1. The lowest BCUT2D eigenvalue weighted by atomic mass is 10.1. The van der Waals surface area contributed by atoms with E-state index in [4.69, 9.17) is 4.74 Å². The van der Waals surface area contributed by atoms with Crippen LogP contribution in [0.3, 0.4) is 0 Å². The minimum atomic E-state index is -3.72. The molecule has 0 aromatic heterocycles. The van der Waals surface area contributed by atoms with Crippen molar-refractivity contribution in [2.75, 3.05) is 19.0 Å². The summed E-state index contributed by atoms with van der Waals surface area (Å²) in [6.45, 7) is 0.640. The number of carbonyl (C=O) groups excluding carboxylic acids is 1. The highest BCUT2D eigenvalue weighted by Crippen LogP contribution is 2.27. The first-order valence-electron chi connectivity index (χ1n) is 10.5. The van der Waals surface area contributed by atoms with E-state index in [0.29, 0.717) is 35.8 Å². The number of amidine groups is 1. The van der Waals surface area contributed by atoms with Crippen molar-refractivity contribution in [3.8, 4) is 5.75 Å². The molecule has 0 fully saturated rings. The first kappa shape index (κ1) is 21.8. The Morgan fingerprint density at radius 2 is 1.69 bits per heavy atom. The van der Waals surface area contributed by atoms with Crippen LogP contribution in [-0.4, -0.2) is 33.8 Å². The summed E-state index contributed by atoms with van der Waals surface area (Å²) < 4.78 is 33.3. The van der Waals surface area contributed by atoms with Crippen LogP contribution in [0.25, 0.3) is 10.8 Å². The predicted octanol–water partition coefficient (Wildman–Crippen LogP) is 4.35. The summed E-state index contributed by atoms with van der Waals surface area (Å²) in [4.78, 5) is 17.3. The number of sulfonamides is 1. The molecule has 166 valence electrons. The van der Waals surface area contributed by atoms with Gasteiger partial charge >= 0.3 is 0 Å². The van der Waals surface area contributed by atoms with E-state index >= 15 is 0 Å². The van der Waals surface area contributed by atoms with Gasteiger partial charge in [-0.1, -0.05) is 30.7 Å². The molecule has 3 aromatic rings. The van der Waals surface area contributed by atoms with Gasteiger partial charge in [0.1, 0.15) is 11.6 Å². The number of nitrogens with zero attached hydrogens (tertiary/aromatic N) is 1. The Morgan fingerprint density at radius 3 is 2.41 bits per heavy atom. The molecule has 0 spiro atoms. The Labute approximate surface area is 187 Å². The molecule has 0 saturated heterocycles. The van der Waals surface area contributed by atoms with Gasteiger partial charge in [0.15, 0.2) is 0 Å². The third-order valence-electron chi connectivity index (χ3n) is 5.36. The fourth-order valence-corrected chi connectivity index (χ4v) is 4.74. The average molecular weight is 452 g/mol. The Balaban J connectivity index is 1.50. The zero-order valence-corrected chi connectivity index (χ0v) is 18.6. The van der Waals surface area contributed by atoms with Crippen LogP contribution in [0.5, 0.6) is 5.75 Å². The van der Waals surface area contributed by atoms with E-state index in [1.807, 2.05) is 30.3 Å². The largest absolute Gasteiger partial charge is 0.496 e. The van der Waals surface area contributed by atoms with Crippen LogP contribution in [0.1, 0.15) is 36.0 Å². The van der Waals surface area contributed by atoms with E-state index in [-0.39, 0.29) is 10.8 Å². The fourth-order valence-electron chi connectivity index (χ4n) is 3.65. The summed E-state index contributed by atoms with van der Waals surface area (Å²) in [6.07, 6.45) is 3.57. The van der Waals surface area contributed by atoms with Crippen LogP contribution in [0.15, 0.2) is 70.6 Å². The summed E-state index contributed by atoms with van der Waals surface area (Å²) >= 11 is 0. The van der Waals surface area contributed by atoms with Crippen molar-refractivity contribution in [3.05, 3.63) is 66.2 Å². The van der Waals surface area contributed by atoms with Crippen molar-refractivity contribution in [3.63, 3.8) is 0 Å². The molecule has 32 heavy (non-hydrogen) atoms. The Morgan fingerprint density at radius 1 is 0.969 bits per heavy atom. The SMILES string of the molecule is COc1cc2ccccc2cc1C(=O)Nc1ccc(S(=O)(=O)NC2=NCCCCC2)cc1. The van der Waals surface area contributed by atoms with Gasteiger partial charge in [-0.25, -0.2) is 8.42 Å². The average Bonchev–Trinajstić information content (AvgIpc) is 3.06. The fraction of sp³-hybridized carbons (Fsp3) is 0.250.